The summed E-state index contributed by atoms with van der Waals surface area (Å²) >= 11 is 0. The van der Waals surface area contributed by atoms with Gasteiger partial charge in [-0.1, -0.05) is 12.1 Å². The summed E-state index contributed by atoms with van der Waals surface area (Å²) in [5.41, 5.74) is 3.93. The highest BCUT2D eigenvalue weighted by atomic mass is 16.5. The molecule has 1 saturated heterocycles. The minimum absolute atomic E-state index is 0.350. The van der Waals surface area contributed by atoms with Gasteiger partial charge in [-0.25, -0.2) is 0 Å². The SMILES string of the molecule is Cc1c(NCc2cccc(C#N)c2)cnn1[C@H]1CCOC1. The molecule has 0 unspecified atom stereocenters. The zero-order valence-corrected chi connectivity index (χ0v) is 12.0. The van der Waals surface area contributed by atoms with Crippen LogP contribution in [0.5, 0.6) is 0 Å². The quantitative estimate of drug-likeness (QED) is 0.936. The van der Waals surface area contributed by atoms with Gasteiger partial charge in [0.2, 0.25) is 0 Å². The van der Waals surface area contributed by atoms with Crippen molar-refractivity contribution in [3.8, 4) is 6.07 Å². The van der Waals surface area contributed by atoms with E-state index in [0.29, 0.717) is 18.2 Å². The minimum Gasteiger partial charge on any atom is -0.379 e. The van der Waals surface area contributed by atoms with Crippen molar-refractivity contribution in [3.63, 3.8) is 0 Å². The predicted molar refractivity (Wildman–Crippen MR) is 79.9 cm³/mol. The third-order valence-corrected chi connectivity index (χ3v) is 3.84. The Morgan fingerprint density at radius 2 is 2.43 bits per heavy atom. The van der Waals surface area contributed by atoms with E-state index in [4.69, 9.17) is 10.00 Å². The summed E-state index contributed by atoms with van der Waals surface area (Å²) in [4.78, 5) is 0. The molecule has 1 aromatic heterocycles. The molecule has 108 valence electrons. The van der Waals surface area contributed by atoms with Crippen LogP contribution in [-0.2, 0) is 11.3 Å². The van der Waals surface area contributed by atoms with E-state index in [9.17, 15) is 0 Å². The van der Waals surface area contributed by atoms with Gasteiger partial charge in [-0.15, -0.1) is 0 Å². The van der Waals surface area contributed by atoms with Crippen molar-refractivity contribution in [2.75, 3.05) is 18.5 Å². The van der Waals surface area contributed by atoms with Crippen LogP contribution in [0.4, 0.5) is 5.69 Å². The van der Waals surface area contributed by atoms with E-state index in [1.807, 2.05) is 35.1 Å². The summed E-state index contributed by atoms with van der Waals surface area (Å²) in [7, 11) is 0. The van der Waals surface area contributed by atoms with Crippen molar-refractivity contribution in [2.45, 2.75) is 25.9 Å². The molecule has 0 spiro atoms. The largest absolute Gasteiger partial charge is 0.379 e. The van der Waals surface area contributed by atoms with Gasteiger partial charge in [0.25, 0.3) is 0 Å². The van der Waals surface area contributed by atoms with Crippen LogP contribution < -0.4 is 5.32 Å². The average Bonchev–Trinajstić information content (AvgIpc) is 3.15. The molecule has 0 saturated carbocycles. The van der Waals surface area contributed by atoms with E-state index < -0.39 is 0 Å². The van der Waals surface area contributed by atoms with Crippen molar-refractivity contribution in [2.24, 2.45) is 0 Å². The monoisotopic (exact) mass is 282 g/mol. The highest BCUT2D eigenvalue weighted by Crippen LogP contribution is 2.24. The van der Waals surface area contributed by atoms with E-state index >= 15 is 0 Å². The summed E-state index contributed by atoms with van der Waals surface area (Å²) in [6.45, 7) is 4.31. The van der Waals surface area contributed by atoms with Gasteiger partial charge in [-0.3, -0.25) is 4.68 Å². The van der Waals surface area contributed by atoms with Gasteiger partial charge < -0.3 is 10.1 Å². The van der Waals surface area contributed by atoms with Crippen molar-refractivity contribution in [1.29, 1.82) is 5.26 Å². The molecule has 21 heavy (non-hydrogen) atoms. The molecule has 1 aromatic carbocycles. The lowest BCUT2D eigenvalue weighted by molar-refractivity contribution is 0.184. The van der Waals surface area contributed by atoms with Gasteiger partial charge in [0.15, 0.2) is 0 Å². The van der Waals surface area contributed by atoms with Crippen molar-refractivity contribution >= 4 is 5.69 Å². The van der Waals surface area contributed by atoms with Gasteiger partial charge in [-0.2, -0.15) is 10.4 Å². The molecule has 5 nitrogen and oxygen atoms in total. The number of ether oxygens (including phenoxy) is 1. The minimum atomic E-state index is 0.350. The Kier molecular flexibility index (Phi) is 3.89. The fraction of sp³-hybridized carbons (Fsp3) is 0.375. The number of rotatable bonds is 4. The van der Waals surface area contributed by atoms with Crippen molar-refractivity contribution in [1.82, 2.24) is 9.78 Å². The van der Waals surface area contributed by atoms with E-state index in [2.05, 4.69) is 23.4 Å². The maximum absolute atomic E-state index is 8.92. The van der Waals surface area contributed by atoms with Crippen LogP contribution in [0.3, 0.4) is 0 Å². The number of nitrogens with one attached hydrogen (secondary N) is 1. The topological polar surface area (TPSA) is 62.9 Å². The number of nitriles is 1. The number of anilines is 1. The van der Waals surface area contributed by atoms with Crippen LogP contribution in [0.15, 0.2) is 30.5 Å². The molecule has 3 rings (SSSR count). The molecule has 1 fully saturated rings. The first kappa shape index (κ1) is 13.7. The van der Waals surface area contributed by atoms with Gasteiger partial charge in [0.1, 0.15) is 0 Å². The van der Waals surface area contributed by atoms with Crippen molar-refractivity contribution < 1.29 is 4.74 Å². The number of aromatic nitrogens is 2. The number of benzene rings is 1. The molecule has 0 amide bonds. The van der Waals surface area contributed by atoms with Crippen LogP contribution >= 0.6 is 0 Å². The van der Waals surface area contributed by atoms with Gasteiger partial charge in [-0.05, 0) is 31.0 Å². The summed E-state index contributed by atoms with van der Waals surface area (Å²) < 4.78 is 7.46. The van der Waals surface area contributed by atoms with Crippen LogP contribution in [0.25, 0.3) is 0 Å². The van der Waals surface area contributed by atoms with E-state index in [1.54, 1.807) is 0 Å². The lowest BCUT2D eigenvalue weighted by Crippen LogP contribution is -2.12. The van der Waals surface area contributed by atoms with Crippen LogP contribution in [-0.4, -0.2) is 23.0 Å². The maximum atomic E-state index is 8.92. The Morgan fingerprint density at radius 3 is 3.19 bits per heavy atom. The van der Waals surface area contributed by atoms with Crippen molar-refractivity contribution in [3.05, 3.63) is 47.3 Å². The van der Waals surface area contributed by atoms with E-state index in [-0.39, 0.29) is 0 Å². The summed E-state index contributed by atoms with van der Waals surface area (Å²) in [5, 5.41) is 16.8. The zero-order valence-electron chi connectivity index (χ0n) is 12.0. The lowest BCUT2D eigenvalue weighted by atomic mass is 10.1. The Labute approximate surface area is 124 Å². The van der Waals surface area contributed by atoms with Crippen LogP contribution in [0.2, 0.25) is 0 Å². The number of nitrogens with zero attached hydrogens (tertiary/aromatic N) is 3. The average molecular weight is 282 g/mol. The molecule has 1 aliphatic rings. The second-order valence-electron chi connectivity index (χ2n) is 5.27. The Balaban J connectivity index is 1.69. The zero-order chi connectivity index (χ0) is 14.7. The highest BCUT2D eigenvalue weighted by molar-refractivity contribution is 5.47. The Bertz CT molecular complexity index is 665. The van der Waals surface area contributed by atoms with Gasteiger partial charge in [0, 0.05) is 13.2 Å². The molecular formula is C16H18N4O. The lowest BCUT2D eigenvalue weighted by Gasteiger charge is -2.12. The summed E-state index contributed by atoms with van der Waals surface area (Å²) in [5.74, 6) is 0. The van der Waals surface area contributed by atoms with Crippen LogP contribution in [0.1, 0.15) is 29.3 Å². The first-order chi connectivity index (χ1) is 10.3. The second-order valence-corrected chi connectivity index (χ2v) is 5.27. The standard InChI is InChI=1S/C16H18N4O/c1-12-16(10-19-20(12)15-5-6-21-11-15)18-9-14-4-2-3-13(7-14)8-17/h2-4,7,10,15,18H,5-6,9,11H2,1H3/t15-/m0/s1. The molecule has 1 N–H and O–H groups in total. The second kappa shape index (κ2) is 5.98. The molecule has 2 aromatic rings. The van der Waals surface area contributed by atoms with E-state index in [1.165, 1.54) is 0 Å². The summed E-state index contributed by atoms with van der Waals surface area (Å²) in [6.07, 6.45) is 2.88. The molecule has 5 heteroatoms. The predicted octanol–water partition coefficient (Wildman–Crippen LogP) is 2.64. The van der Waals surface area contributed by atoms with E-state index in [0.717, 1.165) is 36.6 Å². The number of hydrogen-bond donors (Lipinski definition) is 1. The molecule has 0 aliphatic carbocycles. The maximum Gasteiger partial charge on any atom is 0.0991 e. The first-order valence-electron chi connectivity index (χ1n) is 7.12. The first-order valence-corrected chi connectivity index (χ1v) is 7.12. The third-order valence-electron chi connectivity index (χ3n) is 3.84. The molecule has 1 aliphatic heterocycles. The smallest absolute Gasteiger partial charge is 0.0991 e. The normalized spacial score (nSPS) is 17.6. The Morgan fingerprint density at radius 1 is 1.52 bits per heavy atom. The van der Waals surface area contributed by atoms with Gasteiger partial charge in [0.05, 0.1) is 41.9 Å². The fourth-order valence-electron chi connectivity index (χ4n) is 2.63. The molecule has 1 atom stereocenters. The van der Waals surface area contributed by atoms with Gasteiger partial charge >= 0.3 is 0 Å². The molecule has 2 heterocycles. The summed E-state index contributed by atoms with van der Waals surface area (Å²) in [6, 6.07) is 10.1. The van der Waals surface area contributed by atoms with Crippen LogP contribution in [0, 0.1) is 18.3 Å². The molecular weight excluding hydrogens is 264 g/mol. The third kappa shape index (κ3) is 2.91. The molecule has 0 radical (unpaired) electrons. The molecule has 0 bridgehead atoms. The fourth-order valence-corrected chi connectivity index (χ4v) is 2.63. The Hall–Kier alpha value is -2.32. The highest BCUT2D eigenvalue weighted by Gasteiger charge is 2.20. The number of hydrogen-bond acceptors (Lipinski definition) is 4.